The van der Waals surface area contributed by atoms with Gasteiger partial charge in [-0.3, -0.25) is 57.4 Å². The number of aromatic amines is 3. The molecule has 5 unspecified atom stereocenters. The van der Waals surface area contributed by atoms with Gasteiger partial charge in [0.25, 0.3) is 28.5 Å². The number of aliphatic hydroxyl groups excluding tert-OH is 10. The average Bonchev–Trinajstić information content (AvgIpc) is 1.66. The van der Waals surface area contributed by atoms with E-state index in [2.05, 4.69) is 149 Å². The number of H-pyrrole nitrogens is 3. The number of carbonyl (C=O) groups excluding carboxylic acids is 3. The van der Waals surface area contributed by atoms with Crippen molar-refractivity contribution in [3.8, 4) is 0 Å². The number of nitrogens with zero attached hydrogens (tertiary/aromatic N) is 5. The second-order valence-electron chi connectivity index (χ2n) is 34.9. The molecule has 7 aliphatic rings. The number of ether oxygens (including phenoxy) is 5. The minimum Gasteiger partial charge on any atom is -0.388 e. The van der Waals surface area contributed by atoms with E-state index in [9.17, 15) is 89.4 Å². The summed E-state index contributed by atoms with van der Waals surface area (Å²) in [6, 6.07) is 0. The average molecular weight is 1830 g/mol. The Balaban J connectivity index is 0.000000236. The van der Waals surface area contributed by atoms with Gasteiger partial charge in [-0.25, -0.2) is 9.59 Å². The summed E-state index contributed by atoms with van der Waals surface area (Å²) < 4.78 is 32.9. The van der Waals surface area contributed by atoms with E-state index in [-0.39, 0.29) is 33.5 Å². The summed E-state index contributed by atoms with van der Waals surface area (Å²) in [5.74, 6) is -0.169. The van der Waals surface area contributed by atoms with E-state index in [0.717, 1.165) is 59.3 Å². The molecule has 20 atom stereocenters. The number of aromatic nitrogens is 6. The first kappa shape index (κ1) is 104. The molecular weight excluding hydrogens is 1690 g/mol. The van der Waals surface area contributed by atoms with Gasteiger partial charge in [0.15, 0.2) is 41.7 Å². The van der Waals surface area contributed by atoms with Crippen LogP contribution in [0.4, 0.5) is 0 Å². The van der Waals surface area contributed by atoms with E-state index in [1.54, 1.807) is 36.4 Å². The van der Waals surface area contributed by atoms with Gasteiger partial charge in [0.1, 0.15) is 72.7 Å². The van der Waals surface area contributed by atoms with Crippen molar-refractivity contribution in [1.29, 1.82) is 0 Å². The van der Waals surface area contributed by atoms with Gasteiger partial charge < -0.3 is 100 Å². The van der Waals surface area contributed by atoms with Gasteiger partial charge in [0.05, 0.1) is 47.2 Å². The molecule has 34 nitrogen and oxygen atoms in total. The third kappa shape index (κ3) is 29.9. The number of carbonyl (C=O) groups is 3. The molecule has 5 fully saturated rings. The summed E-state index contributed by atoms with van der Waals surface area (Å²) in [4.78, 5) is 104. The lowest BCUT2D eigenvalue weighted by Gasteiger charge is -2.34. The number of aliphatic hydroxyl groups is 10. The fourth-order valence-electron chi connectivity index (χ4n) is 13.5. The molecule has 10 rings (SSSR count). The number of amides is 2. The van der Waals surface area contributed by atoms with Gasteiger partial charge in [-0.2, -0.15) is 0 Å². The standard InChI is InChI=1S/C17H30N3O4PS.C17H25N2O6P.C17H27N2O5P.C16H25N2O4P.C15H25N2O4P/c1-5-7-18-9-11-10-20(17(26)19-15(11)23)16-14(22)13(21)12(24-16)6-8-25(2,3)4;1-10(20)5-6-11-9-19(17(24)18-15(11)23)16-14(22)13(21)12(25-16)7-8-26(2,3)4;1-5-6-7-11-10-19(17(23)18-15(11)22)16-14(21)13(20)12(24-16)8-9-25(2,3)4;1-6-11-9-18(10(2)17-15(11)21)16-14(20)13(19)12(22-16)7-8-23(3,4)5;1-9-8-17(10(2)16-14(9)20)15-13(19)12(18)11(21-15)6-7-22(3,4)5/h10,12-14,16,18,21-22H,2,5-9H2,1,3-4H3,(H,19,23,26);5-6,9,12-14,16,21-22H,2,7-8H2,1,3-4H3,(H,18,23,24);6-7,10,12-14,16,20-21H,2,5,8-9H2,1,3-4H3,(H,18,22,23);6,9,12-14,16,19-20H,1-3,7-8H2,4-5H3,(H,17,21);8,11-13,15,18-19H,2-3,6-7H2,1,4-5H3,(H,16,20)/b;6-5+;7-6+;;/t4*12-,13-,14-,16?;11-,12-,13-,15?/m11111/s1. The first-order valence-electron chi connectivity index (χ1n) is 40.2. The highest BCUT2D eigenvalue weighted by molar-refractivity contribution is 7.73. The van der Waals surface area contributed by atoms with E-state index in [1.165, 1.54) is 53.2 Å². The second-order valence-corrected chi connectivity index (χ2v) is 56.9. The third-order valence-electron chi connectivity index (χ3n) is 20.5. The number of hydrogen-bond acceptors (Lipinski definition) is 27. The Morgan fingerprint density at radius 2 is 0.820 bits per heavy atom. The van der Waals surface area contributed by atoms with Crippen LogP contribution in [0.2, 0.25) is 0 Å². The van der Waals surface area contributed by atoms with Crippen LogP contribution < -0.4 is 44.0 Å². The number of nitrogens with one attached hydrogen (secondary N) is 6. The minimum absolute atomic E-state index is 0.0679. The van der Waals surface area contributed by atoms with Crippen LogP contribution in [0.25, 0.3) is 12.2 Å². The zero-order chi connectivity index (χ0) is 91.9. The molecule has 0 spiro atoms. The van der Waals surface area contributed by atoms with Crippen molar-refractivity contribution < 1.29 is 89.1 Å². The molecule has 16 N–H and O–H groups in total. The predicted molar refractivity (Wildman–Crippen MR) is 496 cm³/mol. The highest BCUT2D eigenvalue weighted by atomic mass is 32.1. The first-order valence-corrected chi connectivity index (χ1v) is 55.8. The zero-order valence-corrected chi connectivity index (χ0v) is 77.8. The maximum atomic E-state index is 12.1. The first-order chi connectivity index (χ1) is 56.5. The number of hydrogen-bond donors (Lipinski definition) is 16. The van der Waals surface area contributed by atoms with E-state index in [1.807, 2.05) is 13.8 Å². The van der Waals surface area contributed by atoms with Crippen molar-refractivity contribution in [3.05, 3.63) is 165 Å². The van der Waals surface area contributed by atoms with Gasteiger partial charge in [0, 0.05) is 48.7 Å². The maximum absolute atomic E-state index is 12.1. The number of allylic oxidation sites excluding steroid dienone is 2. The molecule has 0 saturated carbocycles. The Kier molecular flexibility index (Phi) is 38.5. The number of rotatable bonds is 29. The summed E-state index contributed by atoms with van der Waals surface area (Å²) in [6.07, 6.45) is 25.9. The monoisotopic (exact) mass is 1830 g/mol. The summed E-state index contributed by atoms with van der Waals surface area (Å²) in [5.41, 5.74) is -1.16. The van der Waals surface area contributed by atoms with Crippen molar-refractivity contribution in [2.75, 3.05) is 104 Å². The van der Waals surface area contributed by atoms with Crippen LogP contribution in [0.5, 0.6) is 0 Å². The maximum Gasteiger partial charge on any atom is 0.330 e. The summed E-state index contributed by atoms with van der Waals surface area (Å²) in [7, 11) is 0. The Morgan fingerprint density at radius 1 is 0.484 bits per heavy atom. The van der Waals surface area contributed by atoms with E-state index < -0.39 is 180 Å². The van der Waals surface area contributed by atoms with Crippen LogP contribution in [0.1, 0.15) is 108 Å². The molecule has 0 radical (unpaired) electrons. The third-order valence-corrected chi connectivity index (χ3v) is 28.2. The summed E-state index contributed by atoms with van der Waals surface area (Å²) >= 11 is 5.24. The lowest BCUT2D eigenvalue weighted by Crippen LogP contribution is -2.47. The molecular formula is C82H132N11O23P5S. The smallest absolute Gasteiger partial charge is 0.330 e. The minimum atomic E-state index is -1.33. The molecule has 40 heteroatoms. The molecule has 0 aliphatic carbocycles. The van der Waals surface area contributed by atoms with E-state index in [4.69, 9.17) is 35.9 Å². The Bertz CT molecular complexity index is 4980. The van der Waals surface area contributed by atoms with Gasteiger partial charge in [0.2, 0.25) is 0 Å². The lowest BCUT2D eigenvalue weighted by molar-refractivity contribution is -0.120. The highest BCUT2D eigenvalue weighted by Gasteiger charge is 2.50. The largest absolute Gasteiger partial charge is 0.388 e. The topological polar surface area (TPSA) is 490 Å². The molecule has 0 aromatic carbocycles. The molecule has 122 heavy (non-hydrogen) atoms. The van der Waals surface area contributed by atoms with Crippen LogP contribution in [0.3, 0.4) is 0 Å². The van der Waals surface area contributed by atoms with Crippen LogP contribution in [0, 0.1) is 4.77 Å². The molecule has 5 saturated heterocycles. The van der Waals surface area contributed by atoms with E-state index >= 15 is 0 Å². The Labute approximate surface area is 718 Å². The highest BCUT2D eigenvalue weighted by Crippen LogP contribution is 2.44. The van der Waals surface area contributed by atoms with Crippen LogP contribution in [-0.4, -0.2) is 347 Å². The summed E-state index contributed by atoms with van der Waals surface area (Å²) in [5, 5.41) is 111. The Morgan fingerprint density at radius 3 is 1.16 bits per heavy atom. The lowest BCUT2D eigenvalue weighted by atomic mass is 10.1. The van der Waals surface area contributed by atoms with Gasteiger partial charge in [-0.05, 0) is 187 Å². The SMILES string of the molecule is C=C1NC(=O)C(C)=CN1C1O[C@H](CCP(=C)(C)C)[C@@H](O)[C@H]1O.C=CC1=CN(C2O[C@H](CCP(=C)(C)C)[C@@H](O)[C@H]2O)C(=C)NC1=O.C=P(C)(C)CC[C@H]1OC(n2cc(/C=C/C(C)=O)c(=O)[nH]c2=O)[C@H](O)[C@@H]1O.C=P(C)(C)CC[C@H]1OC(n2cc(/C=C/CC)c(=O)[nH]c2=O)[C@H](O)[C@@H]1O.C=P(C)(C)CC[C@H]1OC(n2cc(CNCCC)c(=O)[nH]c2=S)[C@H](O)[C@@H]1O. The van der Waals surface area contributed by atoms with Crippen molar-refractivity contribution >= 4 is 108 Å². The molecule has 2 amide bonds. The van der Waals surface area contributed by atoms with Crippen LogP contribution in [0.15, 0.2) is 116 Å². The molecule has 684 valence electrons. The van der Waals surface area contributed by atoms with Crippen molar-refractivity contribution in [3.63, 3.8) is 0 Å². The molecule has 7 aliphatic heterocycles. The molecule has 0 bridgehead atoms. The summed E-state index contributed by atoms with van der Waals surface area (Å²) in [6.45, 7) is 34.0. The molecule has 3 aromatic heterocycles. The predicted octanol–water partition coefficient (Wildman–Crippen LogP) is 2.50. The Hall–Kier alpha value is -6.29. The van der Waals surface area contributed by atoms with Crippen molar-refractivity contribution in [1.82, 2.24) is 54.4 Å². The second kappa shape index (κ2) is 44.9. The van der Waals surface area contributed by atoms with Gasteiger partial charge in [-0.1, -0.05) is 51.8 Å². The van der Waals surface area contributed by atoms with Crippen molar-refractivity contribution in [2.45, 2.75) is 202 Å². The fraction of sp³-hybridized carbons (Fsp3) is 0.585. The fourth-order valence-corrected chi connectivity index (χ4v) is 18.5. The quantitative estimate of drug-likeness (QED) is 0.0205. The normalized spacial score (nSPS) is 28.8. The molecule has 10 heterocycles. The zero-order valence-electron chi connectivity index (χ0n) is 72.5. The van der Waals surface area contributed by atoms with E-state index in [0.29, 0.717) is 72.6 Å². The molecule has 3 aromatic rings. The van der Waals surface area contributed by atoms with Gasteiger partial charge >= 0.3 is 11.4 Å². The van der Waals surface area contributed by atoms with Crippen LogP contribution in [-0.2, 0) is 44.6 Å². The van der Waals surface area contributed by atoms with Crippen LogP contribution >= 0.6 is 46.6 Å². The van der Waals surface area contributed by atoms with Crippen molar-refractivity contribution in [2.24, 2.45) is 0 Å². The number of ketones is 1. The van der Waals surface area contributed by atoms with Gasteiger partial charge in [-0.15, -0.1) is 65.9 Å².